The van der Waals surface area contributed by atoms with Crippen LogP contribution in [0.25, 0.3) is 0 Å². The van der Waals surface area contributed by atoms with Crippen molar-refractivity contribution in [3.05, 3.63) is 36.0 Å². The summed E-state index contributed by atoms with van der Waals surface area (Å²) in [6, 6.07) is 0. The van der Waals surface area contributed by atoms with Crippen molar-refractivity contribution in [1.29, 1.82) is 0 Å². The maximum absolute atomic E-state index is 11.6. The van der Waals surface area contributed by atoms with Gasteiger partial charge < -0.3 is 15.3 Å². The predicted molar refractivity (Wildman–Crippen MR) is 126 cm³/mol. The Labute approximate surface area is 189 Å². The van der Waals surface area contributed by atoms with Crippen LogP contribution in [0.3, 0.4) is 0 Å². The summed E-state index contributed by atoms with van der Waals surface area (Å²) in [5.74, 6) is 2.61. The monoisotopic (exact) mass is 428 g/mol. The van der Waals surface area contributed by atoms with Gasteiger partial charge in [-0.1, -0.05) is 70.6 Å². The van der Waals surface area contributed by atoms with E-state index in [0.717, 1.165) is 12.8 Å². The Morgan fingerprint density at radius 2 is 1.87 bits per heavy atom. The molecule has 0 bridgehead atoms. The first kappa shape index (κ1) is 23.3. The second kappa shape index (κ2) is 8.15. The van der Waals surface area contributed by atoms with Crippen LogP contribution < -0.4 is 0 Å². The van der Waals surface area contributed by atoms with E-state index in [1.54, 1.807) is 0 Å². The van der Waals surface area contributed by atoms with Gasteiger partial charge >= 0.3 is 0 Å². The highest BCUT2D eigenvalue weighted by molar-refractivity contribution is 5.29. The molecule has 0 aromatic heterocycles. The molecule has 0 saturated heterocycles. The van der Waals surface area contributed by atoms with Crippen molar-refractivity contribution in [3.8, 4) is 0 Å². The Hall–Kier alpha value is -0.900. The zero-order valence-electron chi connectivity index (χ0n) is 20.2. The molecule has 3 N–H and O–H groups in total. The van der Waals surface area contributed by atoms with E-state index >= 15 is 0 Å². The lowest BCUT2D eigenvalue weighted by molar-refractivity contribution is -0.158. The summed E-state index contributed by atoms with van der Waals surface area (Å²) < 4.78 is 0. The van der Waals surface area contributed by atoms with Crippen LogP contribution in [0.4, 0.5) is 0 Å². The van der Waals surface area contributed by atoms with Crippen LogP contribution in [0.5, 0.6) is 0 Å². The van der Waals surface area contributed by atoms with Crippen molar-refractivity contribution in [3.63, 3.8) is 0 Å². The predicted octanol–water partition coefficient (Wildman–Crippen LogP) is 5.27. The standard InChI is InChI=1S/C28H44O3/c1-16(2)17(3)7-8-18(4)22-11-12-23-21-10-9-19-13-20(29)14-25(31)28(19,6)26(21)24(30)15-27(22,23)5/h7-9,16,18,20-26,29-31H,3,10-15H2,1-2,4-6H3. The van der Waals surface area contributed by atoms with Crippen molar-refractivity contribution >= 4 is 0 Å². The molecule has 10 unspecified atom stereocenters. The average Bonchev–Trinajstić information content (AvgIpc) is 3.03. The lowest BCUT2D eigenvalue weighted by Crippen LogP contribution is -2.60. The minimum absolute atomic E-state index is 0.0957. The van der Waals surface area contributed by atoms with E-state index < -0.39 is 23.7 Å². The highest BCUT2D eigenvalue weighted by Crippen LogP contribution is 2.67. The molecule has 0 aromatic carbocycles. The zero-order valence-corrected chi connectivity index (χ0v) is 20.2. The summed E-state index contributed by atoms with van der Waals surface area (Å²) in [6.45, 7) is 15.5. The molecular formula is C28H44O3. The lowest BCUT2D eigenvalue weighted by atomic mass is 9.45. The molecule has 4 aliphatic rings. The second-order valence-corrected chi connectivity index (χ2v) is 12.1. The first-order valence-electron chi connectivity index (χ1n) is 12.6. The molecule has 0 aromatic rings. The molecule has 10 atom stereocenters. The van der Waals surface area contributed by atoms with Gasteiger partial charge in [0, 0.05) is 11.8 Å². The number of aliphatic hydroxyl groups excluding tert-OH is 3. The Morgan fingerprint density at radius 3 is 2.55 bits per heavy atom. The van der Waals surface area contributed by atoms with E-state index in [9.17, 15) is 15.3 Å². The number of hydrogen-bond donors (Lipinski definition) is 3. The topological polar surface area (TPSA) is 60.7 Å². The third-order valence-corrected chi connectivity index (χ3v) is 10.2. The summed E-state index contributed by atoms with van der Waals surface area (Å²) in [6.07, 6.45) is 10.8. The minimum atomic E-state index is -0.574. The average molecular weight is 429 g/mol. The van der Waals surface area contributed by atoms with Crippen LogP contribution in [0, 0.1) is 46.3 Å². The molecule has 174 valence electrons. The fourth-order valence-corrected chi connectivity index (χ4v) is 8.32. The Kier molecular flexibility index (Phi) is 6.12. The summed E-state index contributed by atoms with van der Waals surface area (Å²) >= 11 is 0. The Balaban J connectivity index is 1.61. The molecule has 3 heteroatoms. The SMILES string of the molecule is C=C(C=CC(C)C1CCC2C3CC=C4CC(O)CC(O)C4(C)C3C(O)CC12C)C(C)C. The molecule has 31 heavy (non-hydrogen) atoms. The summed E-state index contributed by atoms with van der Waals surface area (Å²) in [5, 5.41) is 32.9. The smallest absolute Gasteiger partial charge is 0.0659 e. The third-order valence-electron chi connectivity index (χ3n) is 10.2. The van der Waals surface area contributed by atoms with Gasteiger partial charge in [0.1, 0.15) is 0 Å². The van der Waals surface area contributed by atoms with Gasteiger partial charge in [-0.25, -0.2) is 0 Å². The molecule has 4 aliphatic carbocycles. The van der Waals surface area contributed by atoms with E-state index in [2.05, 4.69) is 59.4 Å². The van der Waals surface area contributed by atoms with E-state index in [1.807, 2.05) is 0 Å². The largest absolute Gasteiger partial charge is 0.393 e. The lowest BCUT2D eigenvalue weighted by Gasteiger charge is -2.61. The van der Waals surface area contributed by atoms with Crippen LogP contribution in [-0.2, 0) is 0 Å². The number of rotatable bonds is 4. The van der Waals surface area contributed by atoms with Crippen LogP contribution >= 0.6 is 0 Å². The Bertz CT molecular complexity index is 766. The normalized spacial score (nSPS) is 48.2. The van der Waals surface area contributed by atoms with E-state index in [4.69, 9.17) is 0 Å². The molecule has 4 rings (SSSR count). The van der Waals surface area contributed by atoms with Gasteiger partial charge in [-0.05, 0) is 73.0 Å². The molecule has 0 aliphatic heterocycles. The zero-order chi connectivity index (χ0) is 22.7. The summed E-state index contributed by atoms with van der Waals surface area (Å²) in [7, 11) is 0. The fraction of sp³-hybridized carbons (Fsp3) is 0.786. The minimum Gasteiger partial charge on any atom is -0.393 e. The van der Waals surface area contributed by atoms with Crippen molar-refractivity contribution in [2.75, 3.05) is 0 Å². The van der Waals surface area contributed by atoms with E-state index in [1.165, 1.54) is 24.0 Å². The van der Waals surface area contributed by atoms with Gasteiger partial charge in [-0.2, -0.15) is 0 Å². The summed E-state index contributed by atoms with van der Waals surface area (Å²) in [4.78, 5) is 0. The van der Waals surface area contributed by atoms with Gasteiger partial charge in [0.25, 0.3) is 0 Å². The molecule has 3 saturated carbocycles. The van der Waals surface area contributed by atoms with Gasteiger partial charge in [0.05, 0.1) is 18.3 Å². The van der Waals surface area contributed by atoms with E-state index in [0.29, 0.717) is 42.4 Å². The maximum Gasteiger partial charge on any atom is 0.0659 e. The summed E-state index contributed by atoms with van der Waals surface area (Å²) in [5.41, 5.74) is 2.09. The molecular weight excluding hydrogens is 384 g/mol. The van der Waals surface area contributed by atoms with Crippen molar-refractivity contribution in [1.82, 2.24) is 0 Å². The van der Waals surface area contributed by atoms with Crippen molar-refractivity contribution in [2.45, 2.75) is 91.5 Å². The van der Waals surface area contributed by atoms with Crippen LogP contribution in [0.2, 0.25) is 0 Å². The molecule has 3 fully saturated rings. The van der Waals surface area contributed by atoms with Crippen molar-refractivity contribution in [2.24, 2.45) is 46.3 Å². The number of fused-ring (bicyclic) bond motifs is 5. The van der Waals surface area contributed by atoms with Gasteiger partial charge in [-0.3, -0.25) is 0 Å². The number of hydrogen-bond acceptors (Lipinski definition) is 3. The first-order chi connectivity index (χ1) is 14.5. The molecule has 3 nitrogen and oxygen atoms in total. The number of aliphatic hydroxyl groups is 3. The molecule has 0 spiro atoms. The molecule has 0 heterocycles. The molecule has 0 radical (unpaired) electrons. The molecule has 0 amide bonds. The number of allylic oxidation sites excluding steroid dienone is 4. The highest BCUT2D eigenvalue weighted by atomic mass is 16.3. The highest BCUT2D eigenvalue weighted by Gasteiger charge is 2.63. The van der Waals surface area contributed by atoms with Crippen molar-refractivity contribution < 1.29 is 15.3 Å². The van der Waals surface area contributed by atoms with Gasteiger partial charge in [0.2, 0.25) is 0 Å². The third kappa shape index (κ3) is 3.60. The quantitative estimate of drug-likeness (QED) is 0.422. The van der Waals surface area contributed by atoms with Gasteiger partial charge in [0.15, 0.2) is 0 Å². The maximum atomic E-state index is 11.6. The first-order valence-corrected chi connectivity index (χ1v) is 12.6. The van der Waals surface area contributed by atoms with Crippen LogP contribution in [-0.4, -0.2) is 33.6 Å². The van der Waals surface area contributed by atoms with Gasteiger partial charge in [-0.15, -0.1) is 0 Å². The van der Waals surface area contributed by atoms with Crippen LogP contribution in [0.15, 0.2) is 36.0 Å². The Morgan fingerprint density at radius 1 is 1.16 bits per heavy atom. The fourth-order valence-electron chi connectivity index (χ4n) is 8.32. The van der Waals surface area contributed by atoms with E-state index in [-0.39, 0.29) is 11.3 Å². The second-order valence-electron chi connectivity index (χ2n) is 12.1. The van der Waals surface area contributed by atoms with Crippen LogP contribution in [0.1, 0.15) is 73.1 Å².